The Hall–Kier alpha value is -1.13. The van der Waals surface area contributed by atoms with Crippen molar-refractivity contribution in [3.05, 3.63) is 24.0 Å². The molecule has 1 aromatic heterocycles. The number of pyridine rings is 1. The van der Waals surface area contributed by atoms with Crippen molar-refractivity contribution in [2.24, 2.45) is 5.73 Å². The second kappa shape index (κ2) is 4.80. The van der Waals surface area contributed by atoms with Gasteiger partial charge in [-0.25, -0.2) is 0 Å². The summed E-state index contributed by atoms with van der Waals surface area (Å²) in [6.45, 7) is 6.56. The molecular formula is C12H19N3O. The predicted octanol–water partition coefficient (Wildman–Crippen LogP) is 1.15. The van der Waals surface area contributed by atoms with Gasteiger partial charge < -0.3 is 15.4 Å². The molecule has 4 heteroatoms. The summed E-state index contributed by atoms with van der Waals surface area (Å²) in [4.78, 5) is 6.54. The van der Waals surface area contributed by atoms with Crippen LogP contribution in [-0.4, -0.2) is 30.3 Å². The zero-order chi connectivity index (χ0) is 11.5. The molecular weight excluding hydrogens is 202 g/mol. The Morgan fingerprint density at radius 3 is 2.75 bits per heavy atom. The normalized spacial score (nSPS) is 25.8. The Morgan fingerprint density at radius 2 is 2.12 bits per heavy atom. The van der Waals surface area contributed by atoms with Crippen LogP contribution in [0.2, 0.25) is 0 Å². The Kier molecular flexibility index (Phi) is 3.41. The molecule has 2 N–H and O–H groups in total. The lowest BCUT2D eigenvalue weighted by Crippen LogP contribution is -2.45. The van der Waals surface area contributed by atoms with E-state index in [4.69, 9.17) is 10.5 Å². The van der Waals surface area contributed by atoms with Gasteiger partial charge in [0.25, 0.3) is 0 Å². The minimum Gasteiger partial charge on any atom is -0.372 e. The number of anilines is 1. The van der Waals surface area contributed by atoms with Crippen molar-refractivity contribution in [1.82, 2.24) is 4.98 Å². The third-order valence-corrected chi connectivity index (χ3v) is 2.79. The van der Waals surface area contributed by atoms with Crippen LogP contribution in [0.1, 0.15) is 19.5 Å². The smallest absolute Gasteiger partial charge is 0.0726 e. The highest BCUT2D eigenvalue weighted by Gasteiger charge is 2.22. The standard InChI is InChI=1S/C12H19N3O/c1-9-7-15(8-10(2)16-9)12-3-4-14-11(5-12)6-13/h3-5,9-10H,6-8,13H2,1-2H3/t9-,10+. The fourth-order valence-corrected chi connectivity index (χ4v) is 2.16. The summed E-state index contributed by atoms with van der Waals surface area (Å²) >= 11 is 0. The number of nitrogens with zero attached hydrogens (tertiary/aromatic N) is 2. The van der Waals surface area contributed by atoms with Crippen molar-refractivity contribution in [2.75, 3.05) is 18.0 Å². The molecule has 1 saturated heterocycles. The number of hydrogen-bond donors (Lipinski definition) is 1. The number of aromatic nitrogens is 1. The van der Waals surface area contributed by atoms with Gasteiger partial charge in [-0.3, -0.25) is 4.98 Å². The summed E-state index contributed by atoms with van der Waals surface area (Å²) in [6.07, 6.45) is 2.37. The largest absolute Gasteiger partial charge is 0.372 e. The van der Waals surface area contributed by atoms with Crippen LogP contribution >= 0.6 is 0 Å². The summed E-state index contributed by atoms with van der Waals surface area (Å²) in [5, 5.41) is 0. The van der Waals surface area contributed by atoms with Crippen molar-refractivity contribution >= 4 is 5.69 Å². The van der Waals surface area contributed by atoms with E-state index in [9.17, 15) is 0 Å². The first kappa shape index (κ1) is 11.4. The van der Waals surface area contributed by atoms with E-state index in [1.807, 2.05) is 12.3 Å². The van der Waals surface area contributed by atoms with E-state index < -0.39 is 0 Å². The molecule has 4 nitrogen and oxygen atoms in total. The van der Waals surface area contributed by atoms with Crippen molar-refractivity contribution in [3.8, 4) is 0 Å². The van der Waals surface area contributed by atoms with E-state index in [-0.39, 0.29) is 12.2 Å². The zero-order valence-corrected chi connectivity index (χ0v) is 9.89. The summed E-state index contributed by atoms with van der Waals surface area (Å²) in [6, 6.07) is 4.09. The van der Waals surface area contributed by atoms with Gasteiger partial charge in [-0.2, -0.15) is 0 Å². The fraction of sp³-hybridized carbons (Fsp3) is 0.583. The summed E-state index contributed by atoms with van der Waals surface area (Å²) in [7, 11) is 0. The number of rotatable bonds is 2. The summed E-state index contributed by atoms with van der Waals surface area (Å²) in [5.41, 5.74) is 7.72. The van der Waals surface area contributed by atoms with Gasteiger partial charge in [-0.1, -0.05) is 0 Å². The lowest BCUT2D eigenvalue weighted by Gasteiger charge is -2.36. The molecule has 2 rings (SSSR count). The van der Waals surface area contributed by atoms with Crippen LogP contribution in [0.4, 0.5) is 5.69 Å². The molecule has 2 atom stereocenters. The van der Waals surface area contributed by atoms with Gasteiger partial charge in [0, 0.05) is 31.5 Å². The average molecular weight is 221 g/mol. The first-order chi connectivity index (χ1) is 7.69. The lowest BCUT2D eigenvalue weighted by molar-refractivity contribution is -0.00522. The molecule has 1 aromatic rings. The minimum atomic E-state index is 0.276. The Balaban J connectivity index is 2.16. The van der Waals surface area contributed by atoms with Crippen LogP contribution in [-0.2, 0) is 11.3 Å². The third kappa shape index (κ3) is 2.51. The second-order valence-corrected chi connectivity index (χ2v) is 4.37. The number of nitrogens with two attached hydrogens (primary N) is 1. The second-order valence-electron chi connectivity index (χ2n) is 4.37. The monoisotopic (exact) mass is 221 g/mol. The maximum atomic E-state index is 5.71. The molecule has 0 saturated carbocycles. The minimum absolute atomic E-state index is 0.276. The van der Waals surface area contributed by atoms with Gasteiger partial charge in [-0.05, 0) is 26.0 Å². The molecule has 0 bridgehead atoms. The van der Waals surface area contributed by atoms with Crippen LogP contribution in [0.25, 0.3) is 0 Å². The van der Waals surface area contributed by atoms with Gasteiger partial charge in [-0.15, -0.1) is 0 Å². The maximum Gasteiger partial charge on any atom is 0.0726 e. The molecule has 1 aliphatic heterocycles. The first-order valence-electron chi connectivity index (χ1n) is 5.74. The highest BCUT2D eigenvalue weighted by atomic mass is 16.5. The molecule has 0 amide bonds. The highest BCUT2D eigenvalue weighted by molar-refractivity contribution is 5.47. The van der Waals surface area contributed by atoms with Gasteiger partial charge in [0.1, 0.15) is 0 Å². The zero-order valence-electron chi connectivity index (χ0n) is 9.89. The van der Waals surface area contributed by atoms with Gasteiger partial charge in [0.05, 0.1) is 17.9 Å². The van der Waals surface area contributed by atoms with E-state index in [0.717, 1.165) is 18.8 Å². The van der Waals surface area contributed by atoms with Crippen LogP contribution in [0, 0.1) is 0 Å². The number of morpholine rings is 1. The van der Waals surface area contributed by atoms with Crippen LogP contribution in [0.5, 0.6) is 0 Å². The molecule has 2 heterocycles. The Bertz CT molecular complexity index is 346. The molecule has 88 valence electrons. The maximum absolute atomic E-state index is 5.71. The molecule has 1 aliphatic rings. The molecule has 0 aromatic carbocycles. The van der Waals surface area contributed by atoms with E-state index in [0.29, 0.717) is 6.54 Å². The van der Waals surface area contributed by atoms with Gasteiger partial charge in [0.2, 0.25) is 0 Å². The van der Waals surface area contributed by atoms with E-state index in [1.54, 1.807) is 0 Å². The van der Waals surface area contributed by atoms with E-state index in [1.165, 1.54) is 5.69 Å². The topological polar surface area (TPSA) is 51.4 Å². The molecule has 0 radical (unpaired) electrons. The third-order valence-electron chi connectivity index (χ3n) is 2.79. The van der Waals surface area contributed by atoms with Crippen molar-refractivity contribution in [2.45, 2.75) is 32.6 Å². The SMILES string of the molecule is C[C@@H]1CN(c2ccnc(CN)c2)C[C@H](C)O1. The molecule has 0 unspecified atom stereocenters. The average Bonchev–Trinajstić information content (AvgIpc) is 2.28. The van der Waals surface area contributed by atoms with Crippen LogP contribution in [0.3, 0.4) is 0 Å². The molecule has 16 heavy (non-hydrogen) atoms. The van der Waals surface area contributed by atoms with E-state index >= 15 is 0 Å². The van der Waals surface area contributed by atoms with Crippen molar-refractivity contribution in [3.63, 3.8) is 0 Å². The predicted molar refractivity (Wildman–Crippen MR) is 64.4 cm³/mol. The molecule has 0 spiro atoms. The van der Waals surface area contributed by atoms with Crippen LogP contribution < -0.4 is 10.6 Å². The molecule has 1 fully saturated rings. The summed E-state index contributed by atoms with van der Waals surface area (Å²) < 4.78 is 5.71. The number of hydrogen-bond acceptors (Lipinski definition) is 4. The molecule has 0 aliphatic carbocycles. The summed E-state index contributed by atoms with van der Waals surface area (Å²) in [5.74, 6) is 0. The highest BCUT2D eigenvalue weighted by Crippen LogP contribution is 2.20. The van der Waals surface area contributed by atoms with Crippen molar-refractivity contribution < 1.29 is 4.74 Å². The lowest BCUT2D eigenvalue weighted by atomic mass is 10.2. The van der Waals surface area contributed by atoms with Crippen molar-refractivity contribution in [1.29, 1.82) is 0 Å². The van der Waals surface area contributed by atoms with Gasteiger partial charge in [0.15, 0.2) is 0 Å². The quantitative estimate of drug-likeness (QED) is 0.814. The Labute approximate surface area is 96.4 Å². The van der Waals surface area contributed by atoms with E-state index in [2.05, 4.69) is 29.8 Å². The van der Waals surface area contributed by atoms with Gasteiger partial charge >= 0.3 is 0 Å². The first-order valence-corrected chi connectivity index (χ1v) is 5.74. The Morgan fingerprint density at radius 1 is 1.44 bits per heavy atom. The van der Waals surface area contributed by atoms with Crippen LogP contribution in [0.15, 0.2) is 18.3 Å². The fourth-order valence-electron chi connectivity index (χ4n) is 2.16. The number of ether oxygens (including phenoxy) is 1.